The molecule has 28 heavy (non-hydrogen) atoms. The second kappa shape index (κ2) is 6.84. The van der Waals surface area contributed by atoms with Crippen LogP contribution in [0.25, 0.3) is 22.3 Å². The van der Waals surface area contributed by atoms with Gasteiger partial charge in [0.1, 0.15) is 11.1 Å². The van der Waals surface area contributed by atoms with Crippen molar-refractivity contribution in [2.75, 3.05) is 0 Å². The first-order chi connectivity index (χ1) is 12.9. The van der Waals surface area contributed by atoms with E-state index in [4.69, 9.17) is 0 Å². The number of carbonyl (C=O) groups is 1. The van der Waals surface area contributed by atoms with E-state index >= 15 is 0 Å². The molecule has 0 aliphatic carbocycles. The number of carboxylic acids is 1. The highest BCUT2D eigenvalue weighted by Crippen LogP contribution is 2.38. The molecule has 2 aromatic heterocycles. The van der Waals surface area contributed by atoms with E-state index in [1.54, 1.807) is 6.07 Å². The van der Waals surface area contributed by atoms with Gasteiger partial charge in [-0.15, -0.1) is 11.8 Å². The lowest BCUT2D eigenvalue weighted by Crippen LogP contribution is -2.27. The van der Waals surface area contributed by atoms with Crippen LogP contribution in [0, 0.1) is 11.6 Å². The van der Waals surface area contributed by atoms with E-state index < -0.39 is 22.4 Å². The molecule has 2 heterocycles. The second-order valence-corrected chi connectivity index (χ2v) is 9.77. The fourth-order valence-corrected chi connectivity index (χ4v) is 3.64. The summed E-state index contributed by atoms with van der Waals surface area (Å²) in [7, 11) is 0. The number of aromatic amines is 1. The predicted molar refractivity (Wildman–Crippen MR) is 106 cm³/mol. The van der Waals surface area contributed by atoms with Crippen LogP contribution in [0.2, 0.25) is 0 Å². The van der Waals surface area contributed by atoms with Crippen LogP contribution in [-0.4, -0.2) is 30.8 Å². The van der Waals surface area contributed by atoms with Gasteiger partial charge in [0.05, 0.1) is 16.9 Å². The van der Waals surface area contributed by atoms with Crippen LogP contribution >= 0.6 is 11.8 Å². The van der Waals surface area contributed by atoms with Crippen LogP contribution in [0.3, 0.4) is 0 Å². The van der Waals surface area contributed by atoms with Crippen molar-refractivity contribution in [1.29, 1.82) is 0 Å². The number of H-pyrrole nitrogens is 1. The Morgan fingerprint density at radius 2 is 1.75 bits per heavy atom. The van der Waals surface area contributed by atoms with Crippen LogP contribution in [0.4, 0.5) is 8.78 Å². The van der Waals surface area contributed by atoms with Crippen molar-refractivity contribution in [3.8, 4) is 11.4 Å². The van der Waals surface area contributed by atoms with E-state index in [2.05, 4.69) is 15.0 Å². The van der Waals surface area contributed by atoms with Crippen molar-refractivity contribution in [3.63, 3.8) is 0 Å². The minimum Gasteiger partial charge on any atom is -0.480 e. The summed E-state index contributed by atoms with van der Waals surface area (Å²) in [6.07, 6.45) is 1.44. The molecule has 8 heteroatoms. The third-order valence-corrected chi connectivity index (χ3v) is 5.56. The van der Waals surface area contributed by atoms with Gasteiger partial charge < -0.3 is 10.1 Å². The summed E-state index contributed by atoms with van der Waals surface area (Å²) < 4.78 is 27.9. The lowest BCUT2D eigenvalue weighted by Gasteiger charge is -2.18. The Labute approximate surface area is 165 Å². The number of benzene rings is 1. The van der Waals surface area contributed by atoms with Crippen molar-refractivity contribution >= 4 is 28.6 Å². The fourth-order valence-electron chi connectivity index (χ4n) is 2.63. The largest absolute Gasteiger partial charge is 0.480 e. The molecule has 0 saturated carbocycles. The maximum Gasteiger partial charge on any atom is 0.319 e. The summed E-state index contributed by atoms with van der Waals surface area (Å²) in [6, 6.07) is 4.93. The maximum atomic E-state index is 14.6. The van der Waals surface area contributed by atoms with Gasteiger partial charge in [-0.3, -0.25) is 4.79 Å². The number of nitrogens with zero attached hydrogens (tertiary/aromatic N) is 2. The van der Waals surface area contributed by atoms with E-state index in [9.17, 15) is 18.7 Å². The molecule has 0 fully saturated rings. The molecule has 0 bridgehead atoms. The normalized spacial score (nSPS) is 12.5. The highest BCUT2D eigenvalue weighted by atomic mass is 32.2. The van der Waals surface area contributed by atoms with Gasteiger partial charge in [0, 0.05) is 21.4 Å². The van der Waals surface area contributed by atoms with Crippen LogP contribution in [0.5, 0.6) is 0 Å². The van der Waals surface area contributed by atoms with E-state index in [0.717, 1.165) is 17.5 Å². The highest BCUT2D eigenvalue weighted by molar-refractivity contribution is 8.01. The third-order valence-electron chi connectivity index (χ3n) is 4.35. The van der Waals surface area contributed by atoms with E-state index in [1.165, 1.54) is 26.2 Å². The number of nitrogens with one attached hydrogen (secondary N) is 1. The van der Waals surface area contributed by atoms with Crippen molar-refractivity contribution in [2.24, 2.45) is 0 Å². The number of fused-ring (bicyclic) bond motifs is 1. The van der Waals surface area contributed by atoms with Gasteiger partial charge in [-0.1, -0.05) is 20.8 Å². The molecule has 2 N–H and O–H groups in total. The van der Waals surface area contributed by atoms with Crippen LogP contribution < -0.4 is 0 Å². The smallest absolute Gasteiger partial charge is 0.319 e. The number of carboxylic acid groups (broad SMARTS) is 1. The topological polar surface area (TPSA) is 78.9 Å². The van der Waals surface area contributed by atoms with Gasteiger partial charge in [-0.05, 0) is 32.0 Å². The van der Waals surface area contributed by atoms with Crippen LogP contribution in [0.15, 0.2) is 29.4 Å². The molecule has 0 atom stereocenters. The summed E-state index contributed by atoms with van der Waals surface area (Å²) in [5, 5.41) is 9.70. The van der Waals surface area contributed by atoms with Crippen LogP contribution in [0.1, 0.15) is 40.3 Å². The van der Waals surface area contributed by atoms with Crippen molar-refractivity contribution in [3.05, 3.63) is 41.9 Å². The van der Waals surface area contributed by atoms with Gasteiger partial charge in [-0.25, -0.2) is 18.7 Å². The predicted octanol–water partition coefficient (Wildman–Crippen LogP) is 5.16. The zero-order valence-corrected chi connectivity index (χ0v) is 17.0. The number of aromatic nitrogens is 3. The highest BCUT2D eigenvalue weighted by Gasteiger charge is 2.31. The standard InChI is InChI=1S/C20H21F2N3O2S/c1-19(2,3)14-8-11(23-9-24-14)12-6-10-7-13(28-20(4,5)18(26)27)15(21)16(22)17(10)25-12/h6-9,25H,1-5H3,(H,26,27). The molecule has 0 unspecified atom stereocenters. The minimum absolute atomic E-state index is 0.0147. The van der Waals surface area contributed by atoms with Gasteiger partial charge in [-0.2, -0.15) is 0 Å². The number of aliphatic carboxylic acids is 1. The first kappa shape index (κ1) is 20.3. The van der Waals surface area contributed by atoms with Gasteiger partial charge in [0.25, 0.3) is 0 Å². The Bertz CT molecular complexity index is 1070. The zero-order valence-electron chi connectivity index (χ0n) is 16.2. The number of halogens is 2. The molecular weight excluding hydrogens is 384 g/mol. The molecule has 0 amide bonds. The van der Waals surface area contributed by atoms with Gasteiger partial charge in [0.2, 0.25) is 0 Å². The van der Waals surface area contributed by atoms with E-state index in [1.807, 2.05) is 26.8 Å². The first-order valence-electron chi connectivity index (χ1n) is 8.66. The average molecular weight is 405 g/mol. The van der Waals surface area contributed by atoms with E-state index in [0.29, 0.717) is 16.8 Å². The number of hydrogen-bond acceptors (Lipinski definition) is 4. The summed E-state index contributed by atoms with van der Waals surface area (Å²) in [5.74, 6) is -3.22. The summed E-state index contributed by atoms with van der Waals surface area (Å²) in [6.45, 7) is 8.95. The Morgan fingerprint density at radius 3 is 2.36 bits per heavy atom. The molecule has 5 nitrogen and oxygen atoms in total. The van der Waals surface area contributed by atoms with Gasteiger partial charge in [0.15, 0.2) is 11.6 Å². The SMILES string of the molecule is CC(C)(Sc1cc2cc(-c3cc(C(C)(C)C)ncn3)[nH]c2c(F)c1F)C(=O)O. The van der Waals surface area contributed by atoms with Crippen molar-refractivity contribution in [1.82, 2.24) is 15.0 Å². The molecule has 3 rings (SSSR count). The van der Waals surface area contributed by atoms with Crippen molar-refractivity contribution in [2.45, 2.75) is 49.7 Å². The van der Waals surface area contributed by atoms with Crippen molar-refractivity contribution < 1.29 is 18.7 Å². The number of rotatable bonds is 4. The Morgan fingerprint density at radius 1 is 1.07 bits per heavy atom. The molecule has 0 aliphatic rings. The molecular formula is C20H21F2N3O2S. The Hall–Kier alpha value is -2.48. The van der Waals surface area contributed by atoms with Crippen LogP contribution in [-0.2, 0) is 10.2 Å². The molecule has 0 spiro atoms. The third kappa shape index (κ3) is 3.73. The number of thioether (sulfide) groups is 1. The zero-order chi connectivity index (χ0) is 20.9. The average Bonchev–Trinajstić information content (AvgIpc) is 3.02. The Kier molecular flexibility index (Phi) is 4.95. The first-order valence-corrected chi connectivity index (χ1v) is 9.48. The monoisotopic (exact) mass is 405 g/mol. The molecule has 1 aromatic carbocycles. The second-order valence-electron chi connectivity index (χ2n) is 8.11. The molecule has 148 valence electrons. The summed E-state index contributed by atoms with van der Waals surface area (Å²) in [5.41, 5.74) is 1.74. The molecule has 3 aromatic rings. The minimum atomic E-state index is -1.30. The quantitative estimate of drug-likeness (QED) is 0.587. The lowest BCUT2D eigenvalue weighted by atomic mass is 9.91. The molecule has 0 radical (unpaired) electrons. The van der Waals surface area contributed by atoms with E-state index in [-0.39, 0.29) is 15.8 Å². The van der Waals surface area contributed by atoms with Gasteiger partial charge >= 0.3 is 5.97 Å². The maximum absolute atomic E-state index is 14.6. The Balaban J connectivity index is 2.10. The fraction of sp³-hybridized carbons (Fsp3) is 0.350. The number of hydrogen-bond donors (Lipinski definition) is 2. The molecule has 0 saturated heterocycles. The summed E-state index contributed by atoms with van der Waals surface area (Å²) in [4.78, 5) is 22.7. The molecule has 0 aliphatic heterocycles. The lowest BCUT2D eigenvalue weighted by molar-refractivity contribution is -0.138. The summed E-state index contributed by atoms with van der Waals surface area (Å²) >= 11 is 0.766.